The van der Waals surface area contributed by atoms with Crippen LogP contribution in [0.15, 0.2) is 47.6 Å². The molecule has 0 unspecified atom stereocenters. The van der Waals surface area contributed by atoms with Crippen molar-refractivity contribution in [1.29, 1.82) is 0 Å². The normalized spacial score (nSPS) is 10.8. The van der Waals surface area contributed by atoms with Crippen molar-refractivity contribution in [3.63, 3.8) is 0 Å². The highest BCUT2D eigenvalue weighted by atomic mass is 35.5. The zero-order valence-corrected chi connectivity index (χ0v) is 11.6. The highest BCUT2D eigenvalue weighted by Crippen LogP contribution is 2.22. The second-order valence-corrected chi connectivity index (χ2v) is 4.66. The molecule has 6 heteroatoms. The summed E-state index contributed by atoms with van der Waals surface area (Å²) >= 11 is 11.6. The molecule has 3 nitrogen and oxygen atoms in total. The molecular formula is C14H9Cl2FN2O. The van der Waals surface area contributed by atoms with Gasteiger partial charge < -0.3 is 0 Å². The zero-order valence-electron chi connectivity index (χ0n) is 10.1. The fourth-order valence-electron chi connectivity index (χ4n) is 1.44. The molecule has 0 aliphatic carbocycles. The van der Waals surface area contributed by atoms with Crippen molar-refractivity contribution in [2.24, 2.45) is 5.10 Å². The molecule has 0 bridgehead atoms. The number of hydrogen-bond acceptors (Lipinski definition) is 2. The Labute approximate surface area is 125 Å². The standard InChI is InChI=1S/C14H9Cl2FN2O/c15-11-6-5-9(7-12(11)16)14(20)19-18-8-10-3-1-2-4-13(10)17/h1-8H,(H,19,20). The van der Waals surface area contributed by atoms with Crippen molar-refractivity contribution in [3.05, 3.63) is 69.5 Å². The second kappa shape index (κ2) is 6.50. The van der Waals surface area contributed by atoms with Gasteiger partial charge in [0.15, 0.2) is 0 Å². The third-order valence-electron chi connectivity index (χ3n) is 2.46. The lowest BCUT2D eigenvalue weighted by Gasteiger charge is -2.01. The molecule has 102 valence electrons. The van der Waals surface area contributed by atoms with Gasteiger partial charge in [0.2, 0.25) is 0 Å². The molecule has 0 atom stereocenters. The van der Waals surface area contributed by atoms with Gasteiger partial charge in [0, 0.05) is 11.1 Å². The van der Waals surface area contributed by atoms with E-state index in [0.29, 0.717) is 10.6 Å². The molecule has 0 radical (unpaired) electrons. The maximum atomic E-state index is 13.3. The predicted octanol–water partition coefficient (Wildman–Crippen LogP) is 3.90. The minimum Gasteiger partial charge on any atom is -0.267 e. The molecule has 2 aromatic carbocycles. The topological polar surface area (TPSA) is 41.5 Å². The van der Waals surface area contributed by atoms with Gasteiger partial charge in [-0.3, -0.25) is 4.79 Å². The Bertz CT molecular complexity index is 674. The van der Waals surface area contributed by atoms with Gasteiger partial charge in [-0.15, -0.1) is 0 Å². The van der Waals surface area contributed by atoms with E-state index >= 15 is 0 Å². The lowest BCUT2D eigenvalue weighted by Crippen LogP contribution is -2.17. The molecule has 1 amide bonds. The minimum absolute atomic E-state index is 0.275. The number of halogens is 3. The first-order valence-corrected chi connectivity index (χ1v) is 6.36. The molecule has 0 fully saturated rings. The number of rotatable bonds is 3. The number of benzene rings is 2. The average Bonchev–Trinajstić information content (AvgIpc) is 2.44. The Morgan fingerprint density at radius 1 is 1.15 bits per heavy atom. The van der Waals surface area contributed by atoms with E-state index < -0.39 is 11.7 Å². The summed E-state index contributed by atoms with van der Waals surface area (Å²) in [6.45, 7) is 0. The molecule has 2 aromatic rings. The van der Waals surface area contributed by atoms with E-state index in [1.807, 2.05) is 0 Å². The maximum absolute atomic E-state index is 13.3. The van der Waals surface area contributed by atoms with E-state index in [0.717, 1.165) is 0 Å². The lowest BCUT2D eigenvalue weighted by molar-refractivity contribution is 0.0955. The number of nitrogens with one attached hydrogen (secondary N) is 1. The van der Waals surface area contributed by atoms with Crippen LogP contribution >= 0.6 is 23.2 Å². The third-order valence-corrected chi connectivity index (χ3v) is 3.20. The first-order valence-electron chi connectivity index (χ1n) is 5.61. The highest BCUT2D eigenvalue weighted by Gasteiger charge is 2.06. The van der Waals surface area contributed by atoms with Crippen LogP contribution in [0, 0.1) is 5.82 Å². The summed E-state index contributed by atoms with van der Waals surface area (Å²) in [4.78, 5) is 11.8. The average molecular weight is 311 g/mol. The Morgan fingerprint density at radius 3 is 2.60 bits per heavy atom. The van der Waals surface area contributed by atoms with Crippen molar-refractivity contribution in [2.75, 3.05) is 0 Å². The quantitative estimate of drug-likeness (QED) is 0.678. The van der Waals surface area contributed by atoms with Gasteiger partial charge in [0.1, 0.15) is 5.82 Å². The monoisotopic (exact) mass is 310 g/mol. The summed E-state index contributed by atoms with van der Waals surface area (Å²) < 4.78 is 13.3. The van der Waals surface area contributed by atoms with Crippen LogP contribution in [0.25, 0.3) is 0 Å². The molecule has 0 heterocycles. The molecule has 0 saturated heterocycles. The molecule has 20 heavy (non-hydrogen) atoms. The number of carbonyl (C=O) groups is 1. The molecule has 0 aliphatic rings. The van der Waals surface area contributed by atoms with Crippen LogP contribution < -0.4 is 5.43 Å². The van der Waals surface area contributed by atoms with E-state index in [1.54, 1.807) is 18.2 Å². The summed E-state index contributed by atoms with van der Waals surface area (Å²) in [7, 11) is 0. The molecule has 0 aliphatic heterocycles. The van der Waals surface area contributed by atoms with Gasteiger partial charge in [0.25, 0.3) is 5.91 Å². The number of hydrazone groups is 1. The highest BCUT2D eigenvalue weighted by molar-refractivity contribution is 6.42. The van der Waals surface area contributed by atoms with Crippen LogP contribution in [0.2, 0.25) is 10.0 Å². The third kappa shape index (κ3) is 3.56. The van der Waals surface area contributed by atoms with Crippen LogP contribution in [0.5, 0.6) is 0 Å². The predicted molar refractivity (Wildman–Crippen MR) is 77.9 cm³/mol. The van der Waals surface area contributed by atoms with Crippen LogP contribution in [-0.4, -0.2) is 12.1 Å². The molecular weight excluding hydrogens is 302 g/mol. The second-order valence-electron chi connectivity index (χ2n) is 3.85. The summed E-state index contributed by atoms with van der Waals surface area (Å²) in [5.74, 6) is -0.879. The molecule has 2 rings (SSSR count). The van der Waals surface area contributed by atoms with E-state index in [4.69, 9.17) is 23.2 Å². The molecule has 1 N–H and O–H groups in total. The number of amides is 1. The van der Waals surface area contributed by atoms with Gasteiger partial charge >= 0.3 is 0 Å². The van der Waals surface area contributed by atoms with Gasteiger partial charge in [-0.25, -0.2) is 9.82 Å². The zero-order chi connectivity index (χ0) is 14.5. The van der Waals surface area contributed by atoms with Crippen molar-refractivity contribution in [1.82, 2.24) is 5.43 Å². The first kappa shape index (κ1) is 14.5. The summed E-state index contributed by atoms with van der Waals surface area (Å²) in [6, 6.07) is 10.6. The van der Waals surface area contributed by atoms with E-state index in [2.05, 4.69) is 10.5 Å². The van der Waals surface area contributed by atoms with Gasteiger partial charge in [-0.1, -0.05) is 41.4 Å². The Balaban J connectivity index is 2.05. The molecule has 0 aromatic heterocycles. The van der Waals surface area contributed by atoms with Gasteiger partial charge in [-0.2, -0.15) is 5.10 Å². The fraction of sp³-hybridized carbons (Fsp3) is 0. The SMILES string of the molecule is O=C(NN=Cc1ccccc1F)c1ccc(Cl)c(Cl)c1. The van der Waals surface area contributed by atoms with Crippen LogP contribution in [0.3, 0.4) is 0 Å². The van der Waals surface area contributed by atoms with Crippen LogP contribution in [0.1, 0.15) is 15.9 Å². The molecule has 0 spiro atoms. The smallest absolute Gasteiger partial charge is 0.267 e. The van der Waals surface area contributed by atoms with E-state index in [9.17, 15) is 9.18 Å². The van der Waals surface area contributed by atoms with Crippen molar-refractivity contribution >= 4 is 35.3 Å². The van der Waals surface area contributed by atoms with E-state index in [-0.39, 0.29) is 10.6 Å². The Hall–Kier alpha value is -1.91. The minimum atomic E-state index is -0.462. The molecule has 0 saturated carbocycles. The van der Waals surface area contributed by atoms with Gasteiger partial charge in [0.05, 0.1) is 16.3 Å². The lowest BCUT2D eigenvalue weighted by atomic mass is 10.2. The van der Waals surface area contributed by atoms with Crippen molar-refractivity contribution in [2.45, 2.75) is 0 Å². The Kier molecular flexibility index (Phi) is 4.71. The number of hydrogen-bond donors (Lipinski definition) is 1. The number of carbonyl (C=O) groups excluding carboxylic acids is 1. The summed E-state index contributed by atoms with van der Waals surface area (Å²) in [6.07, 6.45) is 1.23. The first-order chi connectivity index (χ1) is 9.58. The number of nitrogens with zero attached hydrogens (tertiary/aromatic N) is 1. The van der Waals surface area contributed by atoms with Gasteiger partial charge in [-0.05, 0) is 24.3 Å². The van der Waals surface area contributed by atoms with E-state index in [1.165, 1.54) is 30.5 Å². The fourth-order valence-corrected chi connectivity index (χ4v) is 1.74. The Morgan fingerprint density at radius 2 is 1.90 bits per heavy atom. The van der Waals surface area contributed by atoms with Crippen LogP contribution in [0.4, 0.5) is 4.39 Å². The van der Waals surface area contributed by atoms with Crippen molar-refractivity contribution < 1.29 is 9.18 Å². The van der Waals surface area contributed by atoms with Crippen LogP contribution in [-0.2, 0) is 0 Å². The largest absolute Gasteiger partial charge is 0.271 e. The van der Waals surface area contributed by atoms with Crippen molar-refractivity contribution in [3.8, 4) is 0 Å². The summed E-state index contributed by atoms with van der Waals surface area (Å²) in [5.41, 5.74) is 2.87. The summed E-state index contributed by atoms with van der Waals surface area (Å²) in [5, 5.41) is 4.32. The maximum Gasteiger partial charge on any atom is 0.271 e.